The van der Waals surface area contributed by atoms with Crippen LogP contribution in [-0.4, -0.2) is 111 Å². The predicted octanol–water partition coefficient (Wildman–Crippen LogP) is 2.53. The highest BCUT2D eigenvalue weighted by molar-refractivity contribution is 5.90. The first-order chi connectivity index (χ1) is 23.9. The Balaban J connectivity index is 1.41. The second-order valence-corrected chi connectivity index (χ2v) is 14.4. The van der Waals surface area contributed by atoms with Crippen molar-refractivity contribution in [3.63, 3.8) is 0 Å². The van der Waals surface area contributed by atoms with Gasteiger partial charge >= 0.3 is 12.1 Å². The number of fused-ring (bicyclic) bond motifs is 1. The van der Waals surface area contributed by atoms with Gasteiger partial charge < -0.3 is 35.2 Å². The number of carboxylic acid groups (broad SMARTS) is 1. The number of nitrogens with zero attached hydrogens (tertiary/aromatic N) is 3. The van der Waals surface area contributed by atoms with Crippen LogP contribution >= 0.6 is 0 Å². The molecule has 0 aliphatic carbocycles. The van der Waals surface area contributed by atoms with Crippen LogP contribution in [0.1, 0.15) is 78.6 Å². The molecule has 1 aromatic carbocycles. The quantitative estimate of drug-likeness (QED) is 0.243. The van der Waals surface area contributed by atoms with Gasteiger partial charge in [-0.25, -0.2) is 15.0 Å². The number of aliphatic hydroxyl groups is 1. The Hall–Kier alpha value is -4.60. The summed E-state index contributed by atoms with van der Waals surface area (Å²) >= 11 is 0. The first kappa shape index (κ1) is 39.2. The molecule has 2 aliphatic rings. The van der Waals surface area contributed by atoms with E-state index in [2.05, 4.69) is 16.1 Å². The van der Waals surface area contributed by atoms with Gasteiger partial charge in [0.15, 0.2) is 0 Å². The predicted molar refractivity (Wildman–Crippen MR) is 188 cm³/mol. The minimum Gasteiger partial charge on any atom is -0.479 e. The zero-order chi connectivity index (χ0) is 37.7. The van der Waals surface area contributed by atoms with E-state index in [1.165, 1.54) is 22.9 Å². The zero-order valence-electron chi connectivity index (χ0n) is 30.3. The molecule has 2 aromatic rings. The molecule has 4 rings (SSSR count). The molecule has 5 atom stereocenters. The minimum atomic E-state index is -1.77. The highest BCUT2D eigenvalue weighted by atomic mass is 16.6. The number of ether oxygens (including phenoxy) is 2. The third kappa shape index (κ3) is 10.0. The molecular formula is C36H50N6O9. The Labute approximate surface area is 297 Å². The average molecular weight is 711 g/mol. The van der Waals surface area contributed by atoms with E-state index in [9.17, 15) is 34.2 Å². The smallest absolute Gasteiger partial charge is 0.410 e. The fraction of sp³-hybridized carbons (Fsp3) is 0.556. The molecule has 3 heterocycles. The summed E-state index contributed by atoms with van der Waals surface area (Å²) < 4.78 is 11.1. The summed E-state index contributed by atoms with van der Waals surface area (Å²) in [4.78, 5) is 69.7. The van der Waals surface area contributed by atoms with Gasteiger partial charge in [-0.15, -0.1) is 0 Å². The summed E-state index contributed by atoms with van der Waals surface area (Å²) in [5, 5.41) is 27.8. The van der Waals surface area contributed by atoms with Crippen LogP contribution in [0.2, 0.25) is 0 Å². The molecule has 1 aromatic heterocycles. The van der Waals surface area contributed by atoms with Gasteiger partial charge in [0.1, 0.15) is 23.8 Å². The van der Waals surface area contributed by atoms with Gasteiger partial charge in [0, 0.05) is 18.5 Å². The number of rotatable bonds is 10. The van der Waals surface area contributed by atoms with Gasteiger partial charge in [0.25, 0.3) is 5.91 Å². The lowest BCUT2D eigenvalue weighted by Gasteiger charge is -2.38. The Morgan fingerprint density at radius 2 is 1.78 bits per heavy atom. The molecule has 2 saturated heterocycles. The molecular weight excluding hydrogens is 660 g/mol. The fourth-order valence-electron chi connectivity index (χ4n) is 5.67. The number of aliphatic hydroxyl groups excluding tert-OH is 1. The number of carbonyl (C=O) groups is 5. The third-order valence-corrected chi connectivity index (χ3v) is 8.64. The molecule has 278 valence electrons. The molecule has 5 unspecified atom stereocenters. The van der Waals surface area contributed by atoms with E-state index in [0.717, 1.165) is 5.39 Å². The second kappa shape index (κ2) is 16.2. The maximum absolute atomic E-state index is 13.3. The van der Waals surface area contributed by atoms with E-state index in [4.69, 9.17) is 14.5 Å². The number of pyridine rings is 1. The Kier molecular flexibility index (Phi) is 12.4. The van der Waals surface area contributed by atoms with Crippen LogP contribution in [0.5, 0.6) is 0 Å². The molecule has 0 saturated carbocycles. The molecule has 51 heavy (non-hydrogen) atoms. The molecule has 0 spiro atoms. The summed E-state index contributed by atoms with van der Waals surface area (Å²) in [6.45, 7) is 12.3. The van der Waals surface area contributed by atoms with Gasteiger partial charge in [-0.3, -0.25) is 24.4 Å². The van der Waals surface area contributed by atoms with E-state index in [1.54, 1.807) is 53.7 Å². The largest absolute Gasteiger partial charge is 0.479 e. The van der Waals surface area contributed by atoms with Gasteiger partial charge in [-0.1, -0.05) is 38.1 Å². The maximum atomic E-state index is 13.3. The van der Waals surface area contributed by atoms with Crippen molar-refractivity contribution in [2.75, 3.05) is 26.2 Å². The molecule has 2 aliphatic heterocycles. The van der Waals surface area contributed by atoms with Crippen LogP contribution in [0.4, 0.5) is 4.79 Å². The Morgan fingerprint density at radius 3 is 2.45 bits per heavy atom. The molecule has 15 heteroatoms. The van der Waals surface area contributed by atoms with E-state index in [-0.39, 0.29) is 31.5 Å². The fourth-order valence-corrected chi connectivity index (χ4v) is 5.67. The van der Waals surface area contributed by atoms with E-state index >= 15 is 0 Å². The molecule has 4 amide bonds. The third-order valence-electron chi connectivity index (χ3n) is 8.64. The molecule has 2 fully saturated rings. The summed E-state index contributed by atoms with van der Waals surface area (Å²) in [6, 6.07) is 7.05. The van der Waals surface area contributed by atoms with Gasteiger partial charge in [0.05, 0.1) is 30.4 Å². The van der Waals surface area contributed by atoms with Gasteiger partial charge in [-0.05, 0) is 77.2 Å². The molecule has 15 nitrogen and oxygen atoms in total. The number of nitrogens with one attached hydrogen (secondary N) is 3. The number of aromatic nitrogens is 1. The Bertz CT molecular complexity index is 1660. The number of carboxylic acids is 1. The van der Waals surface area contributed by atoms with Crippen molar-refractivity contribution in [3.8, 4) is 0 Å². The van der Waals surface area contributed by atoms with Gasteiger partial charge in [0.2, 0.25) is 17.4 Å². The highest BCUT2D eigenvalue weighted by Gasteiger charge is 2.44. The lowest BCUT2D eigenvalue weighted by molar-refractivity contribution is -0.167. The van der Waals surface area contributed by atoms with Crippen molar-refractivity contribution in [2.45, 2.75) is 96.7 Å². The number of morpholine rings is 1. The number of hydrogen-bond donors (Lipinski definition) is 5. The van der Waals surface area contributed by atoms with Crippen molar-refractivity contribution < 1.29 is 43.7 Å². The monoisotopic (exact) mass is 710 g/mol. The summed E-state index contributed by atoms with van der Waals surface area (Å²) in [5.74, 6) is -2.92. The second-order valence-electron chi connectivity index (χ2n) is 14.4. The van der Waals surface area contributed by atoms with E-state index in [1.807, 2.05) is 24.3 Å². The summed E-state index contributed by atoms with van der Waals surface area (Å²) in [6.07, 6.45) is 2.25. The SMILES string of the molecule is CC(NC(=O)C(O)C(C)C)C(=O)N1CCCC(C(=O)NC(C)c2ccc3ccc(C=CC4(C(=O)O)CN(C(=O)OC(C)(C)C)CCO4)cc3n2)N1. The van der Waals surface area contributed by atoms with Crippen molar-refractivity contribution >= 4 is 46.8 Å². The first-order valence-corrected chi connectivity index (χ1v) is 17.2. The van der Waals surface area contributed by atoms with E-state index < -0.39 is 59.3 Å². The number of aliphatic carboxylic acids is 1. The molecule has 0 bridgehead atoms. The van der Waals surface area contributed by atoms with Crippen LogP contribution < -0.4 is 16.1 Å². The number of hydrazine groups is 1. The van der Waals surface area contributed by atoms with Crippen molar-refractivity contribution in [3.05, 3.63) is 47.7 Å². The maximum Gasteiger partial charge on any atom is 0.410 e. The normalized spacial score (nSPS) is 21.6. The first-order valence-electron chi connectivity index (χ1n) is 17.2. The number of benzene rings is 1. The van der Waals surface area contributed by atoms with Crippen LogP contribution in [-0.2, 0) is 28.7 Å². The number of carbonyl (C=O) groups excluding carboxylic acids is 4. The lowest BCUT2D eigenvalue weighted by Crippen LogP contribution is -2.61. The number of hydrogen-bond acceptors (Lipinski definition) is 10. The number of amides is 4. The average Bonchev–Trinajstić information content (AvgIpc) is 3.08. The van der Waals surface area contributed by atoms with E-state index in [0.29, 0.717) is 36.2 Å². The molecule has 0 radical (unpaired) electrons. The van der Waals surface area contributed by atoms with Gasteiger partial charge in [-0.2, -0.15) is 0 Å². The van der Waals surface area contributed by atoms with Crippen LogP contribution in [0, 0.1) is 5.92 Å². The van der Waals surface area contributed by atoms with Crippen molar-refractivity contribution in [1.82, 2.24) is 31.0 Å². The Morgan fingerprint density at radius 1 is 1.08 bits per heavy atom. The van der Waals surface area contributed by atoms with Crippen LogP contribution in [0.25, 0.3) is 17.0 Å². The zero-order valence-corrected chi connectivity index (χ0v) is 30.3. The van der Waals surface area contributed by atoms with Crippen LogP contribution in [0.3, 0.4) is 0 Å². The minimum absolute atomic E-state index is 0.0215. The summed E-state index contributed by atoms with van der Waals surface area (Å²) in [5.41, 5.74) is 2.33. The standard InChI is InChI=1S/C36H50N6O9/c1-21(2)29(43)31(45)38-23(4)32(46)42-16-8-9-27(40-42)30(44)37-22(3)26-13-12-25-11-10-24(19-28(25)39-26)14-15-36(33(47)48)20-41(17-18-50-36)34(49)51-35(5,6)7/h10-15,19,21-23,27,29,40,43H,8-9,16-18,20H2,1-7H3,(H,37,44)(H,38,45)(H,47,48). The molecule has 5 N–H and O–H groups in total. The van der Waals surface area contributed by atoms with Crippen LogP contribution in [0.15, 0.2) is 36.4 Å². The van der Waals surface area contributed by atoms with Crippen molar-refractivity contribution in [1.29, 1.82) is 0 Å². The van der Waals surface area contributed by atoms with Crippen molar-refractivity contribution in [2.24, 2.45) is 5.92 Å². The lowest BCUT2D eigenvalue weighted by atomic mass is 9.99. The summed E-state index contributed by atoms with van der Waals surface area (Å²) in [7, 11) is 0. The highest BCUT2D eigenvalue weighted by Crippen LogP contribution is 2.25. The topological polar surface area (TPSA) is 200 Å².